The molecule has 0 radical (unpaired) electrons. The number of piperidine rings is 1. The van der Waals surface area contributed by atoms with Gasteiger partial charge in [0.1, 0.15) is 18.2 Å². The number of benzene rings is 1. The van der Waals surface area contributed by atoms with Crippen LogP contribution in [0, 0.1) is 17.6 Å². The number of hydrogen-bond donors (Lipinski definition) is 3. The topological polar surface area (TPSA) is 144 Å². The van der Waals surface area contributed by atoms with Crippen LogP contribution < -0.4 is 20.7 Å². The van der Waals surface area contributed by atoms with Crippen molar-refractivity contribution in [1.82, 2.24) is 24.5 Å². The van der Waals surface area contributed by atoms with Gasteiger partial charge in [0.15, 0.2) is 28.5 Å². The van der Waals surface area contributed by atoms with Gasteiger partial charge < -0.3 is 30.4 Å². The molecule has 11 nitrogen and oxygen atoms in total. The Balaban J connectivity index is 1.38. The maximum atomic E-state index is 15.1. The number of pyridine rings is 1. The second kappa shape index (κ2) is 13.4. The van der Waals surface area contributed by atoms with E-state index in [0.717, 1.165) is 44.2 Å². The molecule has 1 aliphatic carbocycles. The molecule has 6 rings (SSSR count). The Bertz CT molecular complexity index is 1770. The van der Waals surface area contributed by atoms with Gasteiger partial charge in [-0.15, -0.1) is 0 Å². The maximum Gasteiger partial charge on any atom is 0.265 e. The summed E-state index contributed by atoms with van der Waals surface area (Å²) in [6, 6.07) is 3.50. The van der Waals surface area contributed by atoms with Crippen molar-refractivity contribution in [2.45, 2.75) is 69.6 Å². The summed E-state index contributed by atoms with van der Waals surface area (Å²) in [5.74, 6) is -1.73. The van der Waals surface area contributed by atoms with Crippen LogP contribution in [0.2, 0.25) is 0 Å². The fraction of sp³-hybridized carbons (Fsp3) is 0.469. The van der Waals surface area contributed by atoms with Crippen LogP contribution in [0.15, 0.2) is 37.1 Å². The van der Waals surface area contributed by atoms with Crippen LogP contribution in [0.25, 0.3) is 22.4 Å². The fourth-order valence-corrected chi connectivity index (χ4v) is 6.60. The summed E-state index contributed by atoms with van der Waals surface area (Å²) in [6.45, 7) is 0.432. The lowest BCUT2D eigenvalue weighted by Gasteiger charge is -2.44. The minimum absolute atomic E-state index is 0.0950. The van der Waals surface area contributed by atoms with Crippen LogP contribution in [0.1, 0.15) is 50.5 Å². The van der Waals surface area contributed by atoms with E-state index < -0.39 is 29.7 Å². The van der Waals surface area contributed by atoms with Crippen LogP contribution in [0.4, 0.5) is 29.1 Å². The second-order valence-corrected chi connectivity index (χ2v) is 12.3. The van der Waals surface area contributed by atoms with Crippen LogP contribution in [-0.4, -0.2) is 73.8 Å². The first-order valence-electron chi connectivity index (χ1n) is 15.6. The highest BCUT2D eigenvalue weighted by molar-refractivity contribution is 5.97. The number of nitrogens with one attached hydrogen (secondary N) is 1. The number of anilines is 2. The van der Waals surface area contributed by atoms with Crippen molar-refractivity contribution in [2.75, 3.05) is 30.4 Å². The minimum Gasteiger partial charge on any atom is -0.494 e. The standard InChI is InChI=1S/C32H36F4N8O3/c1-47-25-12-21(33)20(11-22(25)34)23-10-19(24(13-38-23)43-9-5-8-32(37,15-43)27(45)28(35)36)14-44-17-41-26-29(39-16-40-30(26)44)42-31(46)18-6-3-2-4-7-18/h10-13,16-18,27-28,45H,2-9,14-15,37H2,1H3,(H,39,40,42,46)/t27-,32-/m1/s1. The van der Waals surface area contributed by atoms with Gasteiger partial charge in [-0.25, -0.2) is 32.5 Å². The van der Waals surface area contributed by atoms with E-state index in [0.29, 0.717) is 35.4 Å². The molecule has 0 spiro atoms. The van der Waals surface area contributed by atoms with E-state index in [1.165, 1.54) is 26.0 Å². The van der Waals surface area contributed by atoms with Crippen molar-refractivity contribution < 1.29 is 32.2 Å². The Kier molecular flexibility index (Phi) is 9.28. The molecule has 4 aromatic rings. The van der Waals surface area contributed by atoms with Gasteiger partial charge in [0.25, 0.3) is 6.43 Å². The Labute approximate surface area is 268 Å². The summed E-state index contributed by atoms with van der Waals surface area (Å²) in [5, 5.41) is 13.2. The third-order valence-electron chi connectivity index (χ3n) is 9.17. The van der Waals surface area contributed by atoms with Gasteiger partial charge >= 0.3 is 0 Å². The normalized spacial score (nSPS) is 19.7. The third kappa shape index (κ3) is 6.59. The van der Waals surface area contributed by atoms with Crippen LogP contribution in [0.3, 0.4) is 0 Å². The molecule has 2 aliphatic rings. The number of methoxy groups -OCH3 is 1. The first kappa shape index (κ1) is 32.6. The van der Waals surface area contributed by atoms with E-state index in [-0.39, 0.29) is 54.2 Å². The molecule has 4 heterocycles. The molecule has 1 aliphatic heterocycles. The SMILES string of the molecule is COc1cc(F)c(-c2cc(Cn3cnc4c(NC(=O)C5CCCCC5)ncnc43)c(N3CCC[C@](N)([C@H](O)C(F)F)C3)cn2)cc1F. The molecular formula is C32H36F4N8O3. The molecule has 2 fully saturated rings. The molecule has 4 N–H and O–H groups in total. The number of fused-ring (bicyclic) bond motifs is 1. The number of aliphatic hydroxyl groups is 1. The van der Waals surface area contributed by atoms with E-state index in [1.54, 1.807) is 15.5 Å². The van der Waals surface area contributed by atoms with E-state index in [1.807, 2.05) is 0 Å². The molecule has 0 unspecified atom stereocenters. The molecule has 2 atom stereocenters. The number of nitrogens with two attached hydrogens (primary N) is 1. The highest BCUT2D eigenvalue weighted by atomic mass is 19.3. The number of nitrogens with zero attached hydrogens (tertiary/aromatic N) is 6. The Morgan fingerprint density at radius 2 is 1.89 bits per heavy atom. The van der Waals surface area contributed by atoms with Gasteiger partial charge in [0, 0.05) is 30.6 Å². The monoisotopic (exact) mass is 656 g/mol. The van der Waals surface area contributed by atoms with E-state index >= 15 is 4.39 Å². The van der Waals surface area contributed by atoms with Crippen molar-refractivity contribution in [3.05, 3.63) is 54.2 Å². The number of halogens is 4. The van der Waals surface area contributed by atoms with Gasteiger partial charge in [0.05, 0.1) is 43.1 Å². The molecular weight excluding hydrogens is 620 g/mol. The highest BCUT2D eigenvalue weighted by Crippen LogP contribution is 2.35. The number of aliphatic hydroxyl groups excluding tert-OH is 1. The number of amides is 1. The summed E-state index contributed by atoms with van der Waals surface area (Å²) in [5.41, 5.74) is 6.57. The average Bonchev–Trinajstić information content (AvgIpc) is 3.49. The second-order valence-electron chi connectivity index (χ2n) is 12.3. The van der Waals surface area contributed by atoms with E-state index in [4.69, 9.17) is 10.5 Å². The van der Waals surface area contributed by atoms with Crippen molar-refractivity contribution in [3.8, 4) is 17.0 Å². The quantitative estimate of drug-likeness (QED) is 0.219. The number of carbonyl (C=O) groups excluding carboxylic acids is 1. The van der Waals surface area contributed by atoms with Crippen molar-refractivity contribution in [3.63, 3.8) is 0 Å². The number of alkyl halides is 2. The van der Waals surface area contributed by atoms with Gasteiger partial charge in [-0.1, -0.05) is 19.3 Å². The van der Waals surface area contributed by atoms with Gasteiger partial charge in [-0.2, -0.15) is 0 Å². The molecule has 47 heavy (non-hydrogen) atoms. The first-order valence-corrected chi connectivity index (χ1v) is 15.6. The molecule has 250 valence electrons. The molecule has 3 aromatic heterocycles. The number of hydrogen-bond acceptors (Lipinski definition) is 9. The zero-order valence-electron chi connectivity index (χ0n) is 25.8. The lowest BCUT2D eigenvalue weighted by Crippen LogP contribution is -2.63. The first-order chi connectivity index (χ1) is 22.6. The average molecular weight is 657 g/mol. The fourth-order valence-electron chi connectivity index (χ4n) is 6.60. The molecule has 1 saturated carbocycles. The summed E-state index contributed by atoms with van der Waals surface area (Å²) in [7, 11) is 1.23. The number of rotatable bonds is 9. The largest absolute Gasteiger partial charge is 0.494 e. The number of ether oxygens (including phenoxy) is 1. The molecule has 1 amide bonds. The van der Waals surface area contributed by atoms with Crippen molar-refractivity contribution in [1.29, 1.82) is 0 Å². The summed E-state index contributed by atoms with van der Waals surface area (Å²) in [6.07, 6.45) is 4.57. The van der Waals surface area contributed by atoms with Crippen molar-refractivity contribution >= 4 is 28.6 Å². The van der Waals surface area contributed by atoms with E-state index in [2.05, 4.69) is 25.3 Å². The predicted octanol–water partition coefficient (Wildman–Crippen LogP) is 4.67. The third-order valence-corrected chi connectivity index (χ3v) is 9.17. The van der Waals surface area contributed by atoms with Crippen molar-refractivity contribution in [2.24, 2.45) is 11.7 Å². The lowest BCUT2D eigenvalue weighted by molar-refractivity contribution is -0.120. The predicted molar refractivity (Wildman–Crippen MR) is 166 cm³/mol. The number of imidazole rings is 1. The molecule has 0 bridgehead atoms. The zero-order valence-corrected chi connectivity index (χ0v) is 25.8. The summed E-state index contributed by atoms with van der Waals surface area (Å²) in [4.78, 5) is 32.3. The maximum absolute atomic E-state index is 15.1. The number of aromatic nitrogens is 5. The Morgan fingerprint density at radius 1 is 1.11 bits per heavy atom. The molecule has 15 heteroatoms. The Hall–Kier alpha value is -4.37. The van der Waals surface area contributed by atoms with Crippen LogP contribution in [0.5, 0.6) is 5.75 Å². The molecule has 1 aromatic carbocycles. The van der Waals surface area contributed by atoms with E-state index in [9.17, 15) is 23.1 Å². The van der Waals surface area contributed by atoms with Gasteiger partial charge in [-0.05, 0) is 43.4 Å². The minimum atomic E-state index is -3.03. The molecule has 1 saturated heterocycles. The summed E-state index contributed by atoms with van der Waals surface area (Å²) < 4.78 is 63.5. The zero-order chi connectivity index (χ0) is 33.3. The smallest absolute Gasteiger partial charge is 0.265 e. The lowest BCUT2D eigenvalue weighted by atomic mass is 9.84. The van der Waals surface area contributed by atoms with Crippen LogP contribution >= 0.6 is 0 Å². The Morgan fingerprint density at radius 3 is 2.64 bits per heavy atom. The summed E-state index contributed by atoms with van der Waals surface area (Å²) >= 11 is 0. The van der Waals surface area contributed by atoms with Crippen LogP contribution in [-0.2, 0) is 11.3 Å². The van der Waals surface area contributed by atoms with Gasteiger partial charge in [0.2, 0.25) is 5.91 Å². The number of carbonyl (C=O) groups is 1. The van der Waals surface area contributed by atoms with Gasteiger partial charge in [-0.3, -0.25) is 9.78 Å². The highest BCUT2D eigenvalue weighted by Gasteiger charge is 2.43.